The largest absolute Gasteiger partial charge is 0.481 e. The summed E-state index contributed by atoms with van der Waals surface area (Å²) in [5.41, 5.74) is 0. The van der Waals surface area contributed by atoms with Crippen molar-refractivity contribution >= 4 is 16.0 Å². The van der Waals surface area contributed by atoms with Crippen LogP contribution in [-0.2, 0) is 19.6 Å². The van der Waals surface area contributed by atoms with Crippen LogP contribution in [-0.4, -0.2) is 51.2 Å². The first kappa shape index (κ1) is 17.1. The fourth-order valence-corrected chi connectivity index (χ4v) is 1.83. The molecule has 0 saturated carbocycles. The van der Waals surface area contributed by atoms with E-state index in [2.05, 4.69) is 9.46 Å². The summed E-state index contributed by atoms with van der Waals surface area (Å²) >= 11 is 0. The Bertz CT molecular complexity index is 354. The quantitative estimate of drug-likeness (QED) is 0.598. The van der Waals surface area contributed by atoms with Crippen LogP contribution in [0, 0.1) is 0 Å². The molecule has 6 nitrogen and oxygen atoms in total. The molecule has 108 valence electrons. The standard InChI is InChI=1S/C8H14F3NO5S/c9-8(10,11)6-17-4-5-18(15,16)12-3-1-2-7(13)14/h12H,1-6H2,(H,13,14). The van der Waals surface area contributed by atoms with Gasteiger partial charge in [-0.05, 0) is 6.42 Å². The van der Waals surface area contributed by atoms with E-state index in [0.29, 0.717) is 0 Å². The van der Waals surface area contributed by atoms with Gasteiger partial charge in [0, 0.05) is 13.0 Å². The molecule has 0 aromatic rings. The number of aliphatic carboxylic acids is 1. The van der Waals surface area contributed by atoms with Gasteiger partial charge < -0.3 is 9.84 Å². The minimum atomic E-state index is -4.49. The molecule has 0 saturated heterocycles. The molecule has 0 heterocycles. The Morgan fingerprint density at radius 2 is 1.94 bits per heavy atom. The van der Waals surface area contributed by atoms with Crippen LogP contribution in [0.2, 0.25) is 0 Å². The van der Waals surface area contributed by atoms with Crippen LogP contribution >= 0.6 is 0 Å². The minimum absolute atomic E-state index is 0.0755. The van der Waals surface area contributed by atoms with Crippen LogP contribution in [0.25, 0.3) is 0 Å². The fourth-order valence-electron chi connectivity index (χ4n) is 0.896. The number of rotatable bonds is 9. The van der Waals surface area contributed by atoms with E-state index in [9.17, 15) is 26.4 Å². The second-order valence-electron chi connectivity index (χ2n) is 3.38. The zero-order valence-corrected chi connectivity index (χ0v) is 10.2. The van der Waals surface area contributed by atoms with Gasteiger partial charge in [0.05, 0.1) is 12.4 Å². The van der Waals surface area contributed by atoms with E-state index in [-0.39, 0.29) is 19.4 Å². The van der Waals surface area contributed by atoms with Crippen molar-refractivity contribution in [2.24, 2.45) is 0 Å². The smallest absolute Gasteiger partial charge is 0.411 e. The summed E-state index contributed by atoms with van der Waals surface area (Å²) in [6, 6.07) is 0. The minimum Gasteiger partial charge on any atom is -0.481 e. The SMILES string of the molecule is O=C(O)CCCNS(=O)(=O)CCOCC(F)(F)F. The average molecular weight is 293 g/mol. The molecule has 0 aliphatic heterocycles. The summed E-state index contributed by atoms with van der Waals surface area (Å²) in [5, 5.41) is 8.29. The lowest BCUT2D eigenvalue weighted by atomic mass is 10.3. The van der Waals surface area contributed by atoms with Gasteiger partial charge in [-0.15, -0.1) is 0 Å². The van der Waals surface area contributed by atoms with Gasteiger partial charge in [-0.3, -0.25) is 4.79 Å². The molecule has 0 aliphatic carbocycles. The molecule has 0 bridgehead atoms. The Morgan fingerprint density at radius 1 is 1.33 bits per heavy atom. The number of alkyl halides is 3. The predicted molar refractivity (Wildman–Crippen MR) is 55.5 cm³/mol. The van der Waals surface area contributed by atoms with Crippen molar-refractivity contribution in [2.75, 3.05) is 25.5 Å². The molecule has 0 aromatic heterocycles. The molecule has 2 N–H and O–H groups in total. The van der Waals surface area contributed by atoms with Crippen molar-refractivity contribution in [2.45, 2.75) is 19.0 Å². The highest BCUT2D eigenvalue weighted by Crippen LogP contribution is 2.14. The van der Waals surface area contributed by atoms with E-state index >= 15 is 0 Å². The predicted octanol–water partition coefficient (Wildman–Crippen LogP) is 0.349. The van der Waals surface area contributed by atoms with Gasteiger partial charge in [-0.1, -0.05) is 0 Å². The zero-order valence-electron chi connectivity index (χ0n) is 9.36. The normalized spacial score (nSPS) is 12.6. The maximum absolute atomic E-state index is 11.7. The molecule has 0 fully saturated rings. The Labute approximate surface area is 102 Å². The highest BCUT2D eigenvalue weighted by molar-refractivity contribution is 7.89. The summed E-state index contributed by atoms with van der Waals surface area (Å²) in [4.78, 5) is 10.1. The molecule has 0 aliphatic rings. The number of hydrogen-bond donors (Lipinski definition) is 2. The summed E-state index contributed by atoms with van der Waals surface area (Å²) in [6.07, 6.45) is -4.57. The van der Waals surface area contributed by atoms with Gasteiger partial charge >= 0.3 is 12.1 Å². The lowest BCUT2D eigenvalue weighted by Gasteiger charge is -2.08. The van der Waals surface area contributed by atoms with E-state index < -0.39 is 41.1 Å². The van der Waals surface area contributed by atoms with Crippen LogP contribution in [0.5, 0.6) is 0 Å². The number of sulfonamides is 1. The van der Waals surface area contributed by atoms with E-state index in [0.717, 1.165) is 0 Å². The third-order valence-corrected chi connectivity index (χ3v) is 3.00. The highest BCUT2D eigenvalue weighted by atomic mass is 32.2. The van der Waals surface area contributed by atoms with Crippen molar-refractivity contribution in [3.05, 3.63) is 0 Å². The molecular weight excluding hydrogens is 279 g/mol. The van der Waals surface area contributed by atoms with Gasteiger partial charge in [0.15, 0.2) is 0 Å². The topological polar surface area (TPSA) is 92.7 Å². The number of halogens is 3. The molecule has 0 spiro atoms. The molecule has 0 amide bonds. The van der Waals surface area contributed by atoms with Crippen molar-refractivity contribution in [3.63, 3.8) is 0 Å². The Morgan fingerprint density at radius 3 is 2.44 bits per heavy atom. The van der Waals surface area contributed by atoms with E-state index in [1.54, 1.807) is 0 Å². The summed E-state index contributed by atoms with van der Waals surface area (Å²) in [6.45, 7) is -2.15. The second-order valence-corrected chi connectivity index (χ2v) is 5.30. The highest BCUT2D eigenvalue weighted by Gasteiger charge is 2.27. The first-order valence-corrected chi connectivity index (χ1v) is 6.61. The maximum atomic E-state index is 11.7. The van der Waals surface area contributed by atoms with Crippen molar-refractivity contribution < 1.29 is 36.2 Å². The zero-order chi connectivity index (χ0) is 14.2. The number of carbonyl (C=O) groups is 1. The number of nitrogens with one attached hydrogen (secondary N) is 1. The first-order valence-electron chi connectivity index (χ1n) is 4.96. The summed E-state index contributed by atoms with van der Waals surface area (Å²) < 4.78 is 63.5. The molecular formula is C8H14F3NO5S. The lowest BCUT2D eigenvalue weighted by molar-refractivity contribution is -0.172. The average Bonchev–Trinajstić information content (AvgIpc) is 2.18. The van der Waals surface area contributed by atoms with E-state index in [1.165, 1.54) is 0 Å². The molecule has 0 radical (unpaired) electrons. The van der Waals surface area contributed by atoms with Crippen LogP contribution in [0.4, 0.5) is 13.2 Å². The Kier molecular flexibility index (Phi) is 7.18. The fraction of sp³-hybridized carbons (Fsp3) is 0.875. The van der Waals surface area contributed by atoms with E-state index in [1.807, 2.05) is 0 Å². The third kappa shape index (κ3) is 11.6. The van der Waals surface area contributed by atoms with Crippen LogP contribution in [0.1, 0.15) is 12.8 Å². The number of carboxylic acids is 1. The lowest BCUT2D eigenvalue weighted by Crippen LogP contribution is -2.30. The molecule has 0 aromatic carbocycles. The number of carboxylic acid groups (broad SMARTS) is 1. The molecule has 10 heteroatoms. The van der Waals surface area contributed by atoms with Gasteiger partial charge in [-0.2, -0.15) is 13.2 Å². The van der Waals surface area contributed by atoms with Crippen LogP contribution < -0.4 is 4.72 Å². The van der Waals surface area contributed by atoms with Crippen LogP contribution in [0.15, 0.2) is 0 Å². The van der Waals surface area contributed by atoms with Gasteiger partial charge in [0.25, 0.3) is 0 Å². The van der Waals surface area contributed by atoms with Gasteiger partial charge in [0.2, 0.25) is 10.0 Å². The molecule has 0 rings (SSSR count). The van der Waals surface area contributed by atoms with Gasteiger partial charge in [0.1, 0.15) is 6.61 Å². The maximum Gasteiger partial charge on any atom is 0.411 e. The Hall–Kier alpha value is -0.870. The number of hydrogen-bond acceptors (Lipinski definition) is 4. The van der Waals surface area contributed by atoms with Crippen molar-refractivity contribution in [3.8, 4) is 0 Å². The van der Waals surface area contributed by atoms with Gasteiger partial charge in [-0.25, -0.2) is 13.1 Å². The first-order chi connectivity index (χ1) is 8.12. The molecule has 0 atom stereocenters. The van der Waals surface area contributed by atoms with Crippen LogP contribution in [0.3, 0.4) is 0 Å². The van der Waals surface area contributed by atoms with E-state index in [4.69, 9.17) is 5.11 Å². The summed E-state index contributed by atoms with van der Waals surface area (Å²) in [5.74, 6) is -1.65. The van der Waals surface area contributed by atoms with Crippen molar-refractivity contribution in [1.82, 2.24) is 4.72 Å². The summed E-state index contributed by atoms with van der Waals surface area (Å²) in [7, 11) is -3.73. The third-order valence-electron chi connectivity index (χ3n) is 1.65. The monoisotopic (exact) mass is 293 g/mol. The number of ether oxygens (including phenoxy) is 1. The molecule has 0 unspecified atom stereocenters. The Balaban J connectivity index is 3.71. The molecule has 18 heavy (non-hydrogen) atoms. The van der Waals surface area contributed by atoms with Crippen molar-refractivity contribution in [1.29, 1.82) is 0 Å². The second kappa shape index (κ2) is 7.54.